The highest BCUT2D eigenvalue weighted by Gasteiger charge is 2.18. The maximum Gasteiger partial charge on any atom is 0.209 e. The van der Waals surface area contributed by atoms with E-state index in [1.165, 1.54) is 11.1 Å². The lowest BCUT2D eigenvalue weighted by Gasteiger charge is -2.27. The second-order valence-electron chi connectivity index (χ2n) is 8.62. The Balaban J connectivity index is 1.92. The van der Waals surface area contributed by atoms with Crippen molar-refractivity contribution in [1.29, 1.82) is 0 Å². The molecule has 0 saturated heterocycles. The van der Waals surface area contributed by atoms with E-state index in [-0.39, 0.29) is 5.41 Å². The van der Waals surface area contributed by atoms with Gasteiger partial charge < -0.3 is 9.84 Å². The van der Waals surface area contributed by atoms with E-state index in [9.17, 15) is 0 Å². The highest BCUT2D eigenvalue weighted by Crippen LogP contribution is 2.31. The predicted octanol–water partition coefficient (Wildman–Crippen LogP) is 6.64. The van der Waals surface area contributed by atoms with Gasteiger partial charge in [0.25, 0.3) is 0 Å². The van der Waals surface area contributed by atoms with Crippen molar-refractivity contribution in [3.63, 3.8) is 0 Å². The van der Waals surface area contributed by atoms with Gasteiger partial charge in [0.15, 0.2) is 5.82 Å². The monoisotopic (exact) mass is 484 g/mol. The van der Waals surface area contributed by atoms with Crippen molar-refractivity contribution in [2.45, 2.75) is 46.2 Å². The van der Waals surface area contributed by atoms with Crippen molar-refractivity contribution in [2.24, 2.45) is 0 Å². The lowest BCUT2D eigenvalue weighted by atomic mass is 9.87. The summed E-state index contributed by atoms with van der Waals surface area (Å²) in [6, 6.07) is 16.5. The lowest BCUT2D eigenvalue weighted by Crippen LogP contribution is -2.26. The second-order valence-corrected chi connectivity index (χ2v) is 11.8. The standard InChI is InChI=1S/C23H29BrN4OSi/c1-16-7-12-20(19(24)13-16)27-21-14-22(26-15-25-21)28(29-30(5)6)18-10-8-17(9-11-18)23(2,3)4/h7-15,30H,1-6H3,(H,25,26,27). The van der Waals surface area contributed by atoms with Crippen LogP contribution in [-0.4, -0.2) is 19.0 Å². The first-order valence-corrected chi connectivity index (χ1v) is 13.6. The van der Waals surface area contributed by atoms with Crippen LogP contribution in [0, 0.1) is 6.92 Å². The van der Waals surface area contributed by atoms with Crippen LogP contribution in [0.3, 0.4) is 0 Å². The molecule has 0 saturated carbocycles. The van der Waals surface area contributed by atoms with Crippen LogP contribution in [0.1, 0.15) is 31.9 Å². The highest BCUT2D eigenvalue weighted by molar-refractivity contribution is 9.10. The molecular formula is C23H29BrN4OSi. The molecule has 0 spiro atoms. The van der Waals surface area contributed by atoms with Crippen molar-refractivity contribution in [1.82, 2.24) is 9.97 Å². The van der Waals surface area contributed by atoms with Crippen LogP contribution in [0.25, 0.3) is 0 Å². The van der Waals surface area contributed by atoms with E-state index in [1.54, 1.807) is 6.33 Å². The fourth-order valence-corrected chi connectivity index (χ4v) is 4.18. The summed E-state index contributed by atoms with van der Waals surface area (Å²) < 4.78 is 7.23. The summed E-state index contributed by atoms with van der Waals surface area (Å²) in [5, 5.41) is 5.18. The highest BCUT2D eigenvalue weighted by atomic mass is 79.9. The summed E-state index contributed by atoms with van der Waals surface area (Å²) in [7, 11) is -1.37. The van der Waals surface area contributed by atoms with Crippen molar-refractivity contribution in [3.8, 4) is 0 Å². The number of anilines is 4. The summed E-state index contributed by atoms with van der Waals surface area (Å²) >= 11 is 3.61. The Morgan fingerprint density at radius 1 is 1.00 bits per heavy atom. The zero-order valence-electron chi connectivity index (χ0n) is 18.4. The van der Waals surface area contributed by atoms with E-state index in [0.29, 0.717) is 11.6 Å². The van der Waals surface area contributed by atoms with E-state index in [4.69, 9.17) is 4.53 Å². The molecule has 158 valence electrons. The molecule has 0 unspecified atom stereocenters. The molecule has 1 aromatic heterocycles. The van der Waals surface area contributed by atoms with E-state index >= 15 is 0 Å². The fraction of sp³-hybridized carbons (Fsp3) is 0.304. The molecule has 0 aliphatic carbocycles. The minimum absolute atomic E-state index is 0.102. The minimum atomic E-state index is -1.37. The molecule has 0 aliphatic heterocycles. The van der Waals surface area contributed by atoms with Gasteiger partial charge in [0.1, 0.15) is 12.1 Å². The molecule has 30 heavy (non-hydrogen) atoms. The Morgan fingerprint density at radius 2 is 1.70 bits per heavy atom. The third-order valence-corrected chi connectivity index (χ3v) is 5.82. The minimum Gasteiger partial charge on any atom is -0.339 e. The number of halogens is 1. The topological polar surface area (TPSA) is 50.3 Å². The Morgan fingerprint density at radius 3 is 2.30 bits per heavy atom. The van der Waals surface area contributed by atoms with Gasteiger partial charge in [-0.3, -0.25) is 0 Å². The first-order chi connectivity index (χ1) is 14.1. The number of hydrogen-bond acceptors (Lipinski definition) is 5. The van der Waals surface area contributed by atoms with Gasteiger partial charge in [-0.2, -0.15) is 0 Å². The molecule has 7 heteroatoms. The molecule has 3 aromatic rings. The largest absolute Gasteiger partial charge is 0.339 e. The molecule has 3 rings (SSSR count). The first-order valence-electron chi connectivity index (χ1n) is 10.1. The number of rotatable bonds is 6. The van der Waals surface area contributed by atoms with Gasteiger partial charge in [0.2, 0.25) is 9.04 Å². The average Bonchev–Trinajstić information content (AvgIpc) is 2.68. The summed E-state index contributed by atoms with van der Waals surface area (Å²) in [5.41, 5.74) is 4.47. The molecule has 2 aromatic carbocycles. The summed E-state index contributed by atoms with van der Waals surface area (Å²) in [6.07, 6.45) is 1.56. The van der Waals surface area contributed by atoms with Gasteiger partial charge in [0, 0.05) is 10.5 Å². The third kappa shape index (κ3) is 5.68. The predicted molar refractivity (Wildman–Crippen MR) is 131 cm³/mol. The Kier molecular flexibility index (Phi) is 6.95. The normalized spacial score (nSPS) is 11.6. The van der Waals surface area contributed by atoms with Crippen LogP contribution in [0.4, 0.5) is 23.0 Å². The van der Waals surface area contributed by atoms with Crippen LogP contribution in [0.15, 0.2) is 59.3 Å². The number of aromatic nitrogens is 2. The van der Waals surface area contributed by atoms with Gasteiger partial charge in [0.05, 0.1) is 11.4 Å². The SMILES string of the molecule is Cc1ccc(Nc2cc(N(O[SiH](C)C)c3ccc(C(C)(C)C)cc3)ncn2)c(Br)c1. The van der Waals surface area contributed by atoms with Crippen LogP contribution < -0.4 is 10.4 Å². The molecular weight excluding hydrogens is 456 g/mol. The van der Waals surface area contributed by atoms with Crippen LogP contribution in [0.5, 0.6) is 0 Å². The number of benzene rings is 2. The van der Waals surface area contributed by atoms with E-state index < -0.39 is 9.04 Å². The number of aryl methyl sites for hydroxylation is 1. The molecule has 0 aliphatic rings. The Labute approximate surface area is 189 Å². The number of nitrogens with one attached hydrogen (secondary N) is 1. The van der Waals surface area contributed by atoms with Crippen molar-refractivity contribution in [2.75, 3.05) is 10.4 Å². The molecule has 0 fully saturated rings. The van der Waals surface area contributed by atoms with Gasteiger partial charge in [-0.25, -0.2) is 15.0 Å². The summed E-state index contributed by atoms with van der Waals surface area (Å²) in [4.78, 5) is 8.86. The molecule has 1 heterocycles. The second kappa shape index (κ2) is 9.28. The molecule has 0 amide bonds. The lowest BCUT2D eigenvalue weighted by molar-refractivity contribution is 0.329. The van der Waals surface area contributed by atoms with Gasteiger partial charge in [-0.15, -0.1) is 0 Å². The summed E-state index contributed by atoms with van der Waals surface area (Å²) in [6.45, 7) is 13.0. The summed E-state index contributed by atoms with van der Waals surface area (Å²) in [5.74, 6) is 1.40. The maximum absolute atomic E-state index is 6.24. The molecule has 5 nitrogen and oxygen atoms in total. The Bertz CT molecular complexity index is 1000. The van der Waals surface area contributed by atoms with Crippen molar-refractivity contribution >= 4 is 48.0 Å². The molecule has 0 atom stereocenters. The van der Waals surface area contributed by atoms with Crippen molar-refractivity contribution in [3.05, 3.63) is 70.5 Å². The zero-order valence-corrected chi connectivity index (χ0v) is 21.1. The third-order valence-electron chi connectivity index (χ3n) is 4.53. The fourth-order valence-electron chi connectivity index (χ4n) is 2.94. The van der Waals surface area contributed by atoms with Gasteiger partial charge >= 0.3 is 0 Å². The van der Waals surface area contributed by atoms with Crippen LogP contribution >= 0.6 is 15.9 Å². The maximum atomic E-state index is 6.24. The molecule has 1 N–H and O–H groups in total. The smallest absolute Gasteiger partial charge is 0.209 e. The quantitative estimate of drug-likeness (QED) is 0.313. The van der Waals surface area contributed by atoms with E-state index in [0.717, 1.165) is 15.8 Å². The van der Waals surface area contributed by atoms with Gasteiger partial charge in [-0.1, -0.05) is 39.0 Å². The molecule has 0 radical (unpaired) electrons. The molecule has 0 bridgehead atoms. The van der Waals surface area contributed by atoms with Crippen LogP contribution in [0.2, 0.25) is 13.1 Å². The number of hydrogen-bond donors (Lipinski definition) is 1. The van der Waals surface area contributed by atoms with E-state index in [1.807, 2.05) is 17.2 Å². The average molecular weight is 486 g/mol. The van der Waals surface area contributed by atoms with E-state index in [2.05, 4.69) is 108 Å². The Hall–Kier alpha value is -2.22. The van der Waals surface area contributed by atoms with Crippen molar-refractivity contribution < 1.29 is 4.53 Å². The first kappa shape index (κ1) is 22.5. The zero-order chi connectivity index (χ0) is 21.9. The number of nitrogens with zero attached hydrogens (tertiary/aromatic N) is 3. The van der Waals surface area contributed by atoms with Gasteiger partial charge in [-0.05, 0) is 76.8 Å². The van der Waals surface area contributed by atoms with Crippen LogP contribution in [-0.2, 0) is 9.94 Å².